The Balaban J connectivity index is 2.96. The molecule has 0 aromatic heterocycles. The normalized spacial score (nSPS) is 8.60. The zero-order valence-electron chi connectivity index (χ0n) is 6.82. The van der Waals surface area contributed by atoms with Crippen molar-refractivity contribution < 1.29 is 0 Å². The molecule has 1 nitrogen and oxygen atoms in total. The molecule has 0 heterocycles. The third-order valence-electron chi connectivity index (χ3n) is 1.26. The Bertz CT molecular complexity index is 108. The highest BCUT2D eigenvalue weighted by Gasteiger charge is 1.79. The third-order valence-corrected chi connectivity index (χ3v) is 1.26. The van der Waals surface area contributed by atoms with E-state index in [2.05, 4.69) is 18.8 Å². The van der Waals surface area contributed by atoms with Crippen LogP contribution < -0.4 is 5.73 Å². The van der Waals surface area contributed by atoms with Crippen molar-refractivity contribution in [1.82, 2.24) is 0 Å². The molecule has 58 valence electrons. The summed E-state index contributed by atoms with van der Waals surface area (Å²) in [6, 6.07) is 0. The fourth-order valence-corrected chi connectivity index (χ4v) is 0.660. The lowest BCUT2D eigenvalue weighted by Crippen LogP contribution is -1.96. The fraction of sp³-hybridized carbons (Fsp3) is 0.778. The first-order valence-electron chi connectivity index (χ1n) is 4.07. The second kappa shape index (κ2) is 8.52. The molecule has 0 aliphatic heterocycles. The maximum Gasteiger partial charge on any atom is 0.00891 e. The van der Waals surface area contributed by atoms with Gasteiger partial charge in [0.2, 0.25) is 0 Å². The van der Waals surface area contributed by atoms with E-state index in [1.807, 2.05) is 0 Å². The molecule has 0 aromatic rings. The average molecular weight is 139 g/mol. The van der Waals surface area contributed by atoms with Crippen LogP contribution in [0.5, 0.6) is 0 Å². The molecule has 0 spiro atoms. The lowest BCUT2D eigenvalue weighted by Gasteiger charge is -1.88. The van der Waals surface area contributed by atoms with E-state index < -0.39 is 0 Å². The maximum absolute atomic E-state index is 5.32. The van der Waals surface area contributed by atoms with E-state index in [1.54, 1.807) is 0 Å². The van der Waals surface area contributed by atoms with Crippen LogP contribution in [0.2, 0.25) is 0 Å². The van der Waals surface area contributed by atoms with Crippen molar-refractivity contribution >= 4 is 0 Å². The Morgan fingerprint density at radius 1 is 1.10 bits per heavy atom. The first kappa shape index (κ1) is 9.52. The molecule has 0 saturated carbocycles. The van der Waals surface area contributed by atoms with E-state index in [-0.39, 0.29) is 0 Å². The van der Waals surface area contributed by atoms with E-state index in [0.29, 0.717) is 0 Å². The molecule has 1 heteroatoms. The zero-order chi connectivity index (χ0) is 7.66. The van der Waals surface area contributed by atoms with Gasteiger partial charge in [0.05, 0.1) is 0 Å². The minimum atomic E-state index is 0.801. The molecule has 2 N–H and O–H groups in total. The van der Waals surface area contributed by atoms with Gasteiger partial charge in [0.25, 0.3) is 0 Å². The second-order valence-corrected chi connectivity index (χ2v) is 2.35. The van der Waals surface area contributed by atoms with Gasteiger partial charge in [0.15, 0.2) is 0 Å². The monoisotopic (exact) mass is 139 g/mol. The van der Waals surface area contributed by atoms with Crippen molar-refractivity contribution in [3.05, 3.63) is 0 Å². The Hall–Kier alpha value is -0.480. The molecule has 0 radical (unpaired) electrons. The minimum absolute atomic E-state index is 0.801. The zero-order valence-corrected chi connectivity index (χ0v) is 6.82. The molecule has 0 aromatic carbocycles. The second-order valence-electron chi connectivity index (χ2n) is 2.35. The summed E-state index contributed by atoms with van der Waals surface area (Å²) in [5.41, 5.74) is 5.32. The van der Waals surface area contributed by atoms with E-state index in [1.165, 1.54) is 6.42 Å². The number of unbranched alkanes of at least 4 members (excludes halogenated alkanes) is 3. The number of hydrogen-bond acceptors (Lipinski definition) is 1. The SMILES string of the molecule is CCCC#CCCCCN. The summed E-state index contributed by atoms with van der Waals surface area (Å²) in [7, 11) is 0. The smallest absolute Gasteiger partial charge is 0.00891 e. The predicted octanol–water partition coefficient (Wildman–Crippen LogP) is 1.92. The Morgan fingerprint density at radius 2 is 1.80 bits per heavy atom. The van der Waals surface area contributed by atoms with Crippen molar-refractivity contribution in [2.45, 2.75) is 39.0 Å². The van der Waals surface area contributed by atoms with Gasteiger partial charge in [-0.2, -0.15) is 0 Å². The molecule has 0 aliphatic rings. The Labute approximate surface area is 64.0 Å². The number of rotatable bonds is 4. The first-order chi connectivity index (χ1) is 4.91. The van der Waals surface area contributed by atoms with Gasteiger partial charge in [-0.1, -0.05) is 6.92 Å². The van der Waals surface area contributed by atoms with Gasteiger partial charge in [0.1, 0.15) is 0 Å². The molecular weight excluding hydrogens is 122 g/mol. The molecule has 0 aliphatic carbocycles. The van der Waals surface area contributed by atoms with Gasteiger partial charge in [-0.15, -0.1) is 11.8 Å². The highest BCUT2D eigenvalue weighted by molar-refractivity contribution is 4.98. The summed E-state index contributed by atoms with van der Waals surface area (Å²) in [5.74, 6) is 6.22. The maximum atomic E-state index is 5.32. The quantitative estimate of drug-likeness (QED) is 0.467. The summed E-state index contributed by atoms with van der Waals surface area (Å²) in [6.07, 6.45) is 5.51. The molecule has 0 rings (SSSR count). The van der Waals surface area contributed by atoms with Crippen LogP contribution in [0.25, 0.3) is 0 Å². The first-order valence-corrected chi connectivity index (χ1v) is 4.07. The number of nitrogens with two attached hydrogens (primary N) is 1. The fourth-order valence-electron chi connectivity index (χ4n) is 0.660. The lowest BCUT2D eigenvalue weighted by atomic mass is 10.2. The van der Waals surface area contributed by atoms with E-state index >= 15 is 0 Å². The molecule has 10 heavy (non-hydrogen) atoms. The molecular formula is C9H17N. The van der Waals surface area contributed by atoms with Crippen LogP contribution in [-0.4, -0.2) is 6.54 Å². The molecule has 0 saturated heterocycles. The highest BCUT2D eigenvalue weighted by atomic mass is 14.5. The van der Waals surface area contributed by atoms with Gasteiger partial charge >= 0.3 is 0 Å². The lowest BCUT2D eigenvalue weighted by molar-refractivity contribution is 0.767. The van der Waals surface area contributed by atoms with Crippen LogP contribution in [0.3, 0.4) is 0 Å². The van der Waals surface area contributed by atoms with Crippen molar-refractivity contribution in [2.24, 2.45) is 5.73 Å². The predicted molar refractivity (Wildman–Crippen MR) is 45.6 cm³/mol. The average Bonchev–Trinajstić information content (AvgIpc) is 1.97. The molecule has 0 unspecified atom stereocenters. The summed E-state index contributed by atoms with van der Waals surface area (Å²) < 4.78 is 0. The largest absolute Gasteiger partial charge is 0.330 e. The van der Waals surface area contributed by atoms with Gasteiger partial charge in [-0.05, 0) is 25.8 Å². The van der Waals surface area contributed by atoms with E-state index in [9.17, 15) is 0 Å². The van der Waals surface area contributed by atoms with Crippen molar-refractivity contribution in [2.75, 3.05) is 6.54 Å². The van der Waals surface area contributed by atoms with Gasteiger partial charge in [-0.25, -0.2) is 0 Å². The van der Waals surface area contributed by atoms with E-state index in [4.69, 9.17) is 5.73 Å². The molecule has 0 bridgehead atoms. The van der Waals surface area contributed by atoms with Crippen LogP contribution in [0.15, 0.2) is 0 Å². The Kier molecular flexibility index (Phi) is 8.11. The van der Waals surface area contributed by atoms with Crippen molar-refractivity contribution in [3.8, 4) is 11.8 Å². The minimum Gasteiger partial charge on any atom is -0.330 e. The van der Waals surface area contributed by atoms with Crippen LogP contribution in [0, 0.1) is 11.8 Å². The standard InChI is InChI=1S/C9H17N/c1-2-3-4-5-6-7-8-9-10/h2-3,6-10H2,1H3. The molecule has 0 fully saturated rings. The summed E-state index contributed by atoms with van der Waals surface area (Å²) in [5, 5.41) is 0. The van der Waals surface area contributed by atoms with Crippen LogP contribution in [-0.2, 0) is 0 Å². The highest BCUT2D eigenvalue weighted by Crippen LogP contribution is 1.91. The summed E-state index contributed by atoms with van der Waals surface area (Å²) in [4.78, 5) is 0. The third kappa shape index (κ3) is 7.52. The van der Waals surface area contributed by atoms with Crippen molar-refractivity contribution in [1.29, 1.82) is 0 Å². The van der Waals surface area contributed by atoms with Crippen LogP contribution in [0.4, 0.5) is 0 Å². The molecule has 0 amide bonds. The van der Waals surface area contributed by atoms with Gasteiger partial charge in [0, 0.05) is 12.8 Å². The van der Waals surface area contributed by atoms with Gasteiger partial charge in [-0.3, -0.25) is 0 Å². The Morgan fingerprint density at radius 3 is 2.40 bits per heavy atom. The number of hydrogen-bond donors (Lipinski definition) is 1. The van der Waals surface area contributed by atoms with Crippen LogP contribution in [0.1, 0.15) is 39.0 Å². The molecule has 0 atom stereocenters. The topological polar surface area (TPSA) is 26.0 Å². The summed E-state index contributed by atoms with van der Waals surface area (Å²) >= 11 is 0. The van der Waals surface area contributed by atoms with Gasteiger partial charge < -0.3 is 5.73 Å². The van der Waals surface area contributed by atoms with Crippen LogP contribution >= 0.6 is 0 Å². The van der Waals surface area contributed by atoms with E-state index in [0.717, 1.165) is 32.2 Å². The summed E-state index contributed by atoms with van der Waals surface area (Å²) in [6.45, 7) is 2.95. The van der Waals surface area contributed by atoms with Crippen molar-refractivity contribution in [3.63, 3.8) is 0 Å².